The van der Waals surface area contributed by atoms with Crippen molar-refractivity contribution in [1.29, 1.82) is 0 Å². The van der Waals surface area contributed by atoms with Crippen molar-refractivity contribution >= 4 is 0 Å². The van der Waals surface area contributed by atoms with Gasteiger partial charge in [0.15, 0.2) is 0 Å². The Hall–Kier alpha value is -0.120. The molecule has 0 rings (SSSR count). The maximum absolute atomic E-state index is 5.21. The van der Waals surface area contributed by atoms with E-state index in [0.717, 1.165) is 13.2 Å². The first kappa shape index (κ1) is 8.88. The lowest BCUT2D eigenvalue weighted by Gasteiger charge is -2.08. The van der Waals surface area contributed by atoms with Crippen LogP contribution in [0.4, 0.5) is 0 Å². The summed E-state index contributed by atoms with van der Waals surface area (Å²) in [6.07, 6.45) is 0. The van der Waals surface area contributed by atoms with Crippen LogP contribution in [-0.2, 0) is 4.74 Å². The minimum atomic E-state index is 0.618. The minimum absolute atomic E-state index is 0.618. The van der Waals surface area contributed by atoms with Crippen LogP contribution in [0.1, 0.15) is 0 Å². The highest BCUT2D eigenvalue weighted by molar-refractivity contribution is 4.39. The Balaban J connectivity index is 2.75. The number of hydrogen-bond donors (Lipinski definition) is 1. The van der Waals surface area contributed by atoms with Crippen LogP contribution < -0.4 is 5.73 Å². The first-order valence-corrected chi connectivity index (χ1v) is 3.20. The second-order valence-electron chi connectivity index (χ2n) is 2.20. The van der Waals surface area contributed by atoms with Crippen molar-refractivity contribution in [2.45, 2.75) is 0 Å². The molecule has 0 amide bonds. The lowest BCUT2D eigenvalue weighted by Crippen LogP contribution is -2.19. The lowest BCUT2D eigenvalue weighted by atomic mass is 10.6. The molecule has 0 aliphatic carbocycles. The maximum atomic E-state index is 5.21. The highest BCUT2D eigenvalue weighted by Crippen LogP contribution is 1.75. The summed E-state index contributed by atoms with van der Waals surface area (Å²) in [6, 6.07) is 0. The summed E-state index contributed by atoms with van der Waals surface area (Å²) in [5.74, 6) is 0. The van der Waals surface area contributed by atoms with Crippen molar-refractivity contribution in [2.24, 2.45) is 5.73 Å². The summed E-state index contributed by atoms with van der Waals surface area (Å²) in [5.41, 5.74) is 5.21. The molecule has 0 spiro atoms. The Bertz CT molecular complexity index is 57.0. The van der Waals surface area contributed by atoms with E-state index >= 15 is 0 Å². The number of nitrogens with zero attached hydrogens (tertiary/aromatic N) is 1. The Morgan fingerprint density at radius 3 is 2.44 bits per heavy atom. The monoisotopic (exact) mass is 132 g/mol. The molecule has 0 radical (unpaired) electrons. The summed E-state index contributed by atoms with van der Waals surface area (Å²) in [5, 5.41) is 0. The number of hydrogen-bond acceptors (Lipinski definition) is 3. The third-order valence-corrected chi connectivity index (χ3v) is 0.945. The Morgan fingerprint density at radius 1 is 1.33 bits per heavy atom. The van der Waals surface area contributed by atoms with E-state index in [1.165, 1.54) is 0 Å². The number of likely N-dealkylation sites (N-methyl/N-ethyl adjacent to an activating group) is 1. The van der Waals surface area contributed by atoms with E-state index in [4.69, 9.17) is 10.5 Å². The summed E-state index contributed by atoms with van der Waals surface area (Å²) < 4.78 is 5.13. The molecule has 0 aliphatic heterocycles. The summed E-state index contributed by atoms with van der Waals surface area (Å²) in [4.78, 5) is 2.08. The summed E-state index contributed by atoms with van der Waals surface area (Å²) >= 11 is 0. The Labute approximate surface area is 56.8 Å². The molecule has 3 heteroatoms. The van der Waals surface area contributed by atoms with E-state index in [9.17, 15) is 0 Å². The number of rotatable bonds is 5. The fourth-order valence-electron chi connectivity index (χ4n) is 0.433. The summed E-state index contributed by atoms with van der Waals surface area (Å²) in [7, 11) is 4.04. The van der Waals surface area contributed by atoms with E-state index in [1.54, 1.807) is 0 Å². The van der Waals surface area contributed by atoms with Gasteiger partial charge in [0.1, 0.15) is 0 Å². The second-order valence-corrected chi connectivity index (χ2v) is 2.20. The zero-order valence-corrected chi connectivity index (χ0v) is 6.26. The predicted octanol–water partition coefficient (Wildman–Crippen LogP) is -0.477. The van der Waals surface area contributed by atoms with Crippen molar-refractivity contribution < 1.29 is 4.74 Å². The average Bonchev–Trinajstić information content (AvgIpc) is 1.80. The van der Waals surface area contributed by atoms with Gasteiger partial charge >= 0.3 is 0 Å². The van der Waals surface area contributed by atoms with Crippen molar-refractivity contribution in [3.63, 3.8) is 0 Å². The molecule has 0 atom stereocenters. The van der Waals surface area contributed by atoms with Crippen LogP contribution in [0.5, 0.6) is 0 Å². The van der Waals surface area contributed by atoms with Gasteiger partial charge in [0.05, 0.1) is 13.2 Å². The van der Waals surface area contributed by atoms with Gasteiger partial charge in [-0.15, -0.1) is 0 Å². The van der Waals surface area contributed by atoms with Crippen LogP contribution in [0.25, 0.3) is 0 Å². The van der Waals surface area contributed by atoms with E-state index in [0.29, 0.717) is 13.2 Å². The van der Waals surface area contributed by atoms with E-state index in [-0.39, 0.29) is 0 Å². The molecule has 0 aromatic rings. The highest BCUT2D eigenvalue weighted by Gasteiger charge is 1.87. The molecule has 0 unspecified atom stereocenters. The Morgan fingerprint density at radius 2 is 2.00 bits per heavy atom. The van der Waals surface area contributed by atoms with Crippen LogP contribution in [0.15, 0.2) is 0 Å². The molecule has 56 valence electrons. The van der Waals surface area contributed by atoms with Gasteiger partial charge in [0, 0.05) is 13.1 Å². The van der Waals surface area contributed by atoms with Gasteiger partial charge in [-0.25, -0.2) is 0 Å². The quantitative estimate of drug-likeness (QED) is 0.514. The summed E-state index contributed by atoms with van der Waals surface area (Å²) in [6.45, 7) is 3.05. The molecule has 0 heterocycles. The second kappa shape index (κ2) is 6.01. The third kappa shape index (κ3) is 7.88. The van der Waals surface area contributed by atoms with E-state index in [1.807, 2.05) is 14.1 Å². The van der Waals surface area contributed by atoms with E-state index < -0.39 is 0 Å². The van der Waals surface area contributed by atoms with Gasteiger partial charge in [-0.3, -0.25) is 0 Å². The van der Waals surface area contributed by atoms with Gasteiger partial charge in [0.25, 0.3) is 0 Å². The van der Waals surface area contributed by atoms with Crippen LogP contribution in [-0.4, -0.2) is 45.3 Å². The fourth-order valence-corrected chi connectivity index (χ4v) is 0.433. The topological polar surface area (TPSA) is 38.5 Å². The van der Waals surface area contributed by atoms with Crippen LogP contribution >= 0.6 is 0 Å². The molecule has 0 aromatic carbocycles. The van der Waals surface area contributed by atoms with Crippen LogP contribution in [0, 0.1) is 0 Å². The molecule has 0 aromatic heterocycles. The number of ether oxygens (including phenoxy) is 1. The zero-order chi connectivity index (χ0) is 7.11. The zero-order valence-electron chi connectivity index (χ0n) is 6.26. The Kier molecular flexibility index (Phi) is 5.93. The first-order valence-electron chi connectivity index (χ1n) is 3.20. The third-order valence-electron chi connectivity index (χ3n) is 0.945. The molecule has 0 bridgehead atoms. The SMILES string of the molecule is CN(C)CCOCCN. The van der Waals surface area contributed by atoms with E-state index in [2.05, 4.69) is 4.90 Å². The van der Waals surface area contributed by atoms with Crippen molar-refractivity contribution in [3.8, 4) is 0 Å². The van der Waals surface area contributed by atoms with Gasteiger partial charge in [0.2, 0.25) is 0 Å². The minimum Gasteiger partial charge on any atom is -0.379 e. The number of nitrogens with two attached hydrogens (primary N) is 1. The molecule has 0 saturated carbocycles. The van der Waals surface area contributed by atoms with Gasteiger partial charge in [-0.05, 0) is 14.1 Å². The van der Waals surface area contributed by atoms with Crippen LogP contribution in [0.2, 0.25) is 0 Å². The lowest BCUT2D eigenvalue weighted by molar-refractivity contribution is 0.124. The van der Waals surface area contributed by atoms with Crippen molar-refractivity contribution in [2.75, 3.05) is 40.4 Å². The molecule has 0 aliphatic rings. The predicted molar refractivity (Wildman–Crippen MR) is 38.4 cm³/mol. The average molecular weight is 132 g/mol. The molecule has 0 saturated heterocycles. The molecule has 0 fully saturated rings. The van der Waals surface area contributed by atoms with Gasteiger partial charge in [-0.2, -0.15) is 0 Å². The molecule has 2 N–H and O–H groups in total. The standard InChI is InChI=1S/C6H16N2O/c1-8(2)4-6-9-5-3-7/h3-7H2,1-2H3. The molecular weight excluding hydrogens is 116 g/mol. The molecule has 9 heavy (non-hydrogen) atoms. The van der Waals surface area contributed by atoms with Crippen molar-refractivity contribution in [3.05, 3.63) is 0 Å². The van der Waals surface area contributed by atoms with Crippen LogP contribution in [0.3, 0.4) is 0 Å². The maximum Gasteiger partial charge on any atom is 0.0593 e. The molecule has 3 nitrogen and oxygen atoms in total. The first-order chi connectivity index (χ1) is 4.27. The van der Waals surface area contributed by atoms with Crippen molar-refractivity contribution in [1.82, 2.24) is 4.90 Å². The molecular formula is C6H16N2O. The smallest absolute Gasteiger partial charge is 0.0593 e. The largest absolute Gasteiger partial charge is 0.379 e. The fraction of sp³-hybridized carbons (Fsp3) is 1.00. The van der Waals surface area contributed by atoms with Gasteiger partial charge in [-0.1, -0.05) is 0 Å². The van der Waals surface area contributed by atoms with Gasteiger partial charge < -0.3 is 15.4 Å². The normalized spacial score (nSPS) is 10.7. The highest BCUT2D eigenvalue weighted by atomic mass is 16.5.